The molecule has 0 saturated heterocycles. The average Bonchev–Trinajstić information content (AvgIpc) is 3.17. The normalized spacial score (nSPS) is 12.0. The van der Waals surface area contributed by atoms with Crippen LogP contribution in [0.15, 0.2) is 24.7 Å². The first-order chi connectivity index (χ1) is 14.2. The van der Waals surface area contributed by atoms with Gasteiger partial charge in [-0.25, -0.2) is 28.4 Å². The monoisotopic (exact) mass is 429 g/mol. The fraction of sp³-hybridized carbons (Fsp3) is 0.450. The van der Waals surface area contributed by atoms with E-state index in [1.54, 1.807) is 18.6 Å². The van der Waals surface area contributed by atoms with Crippen molar-refractivity contribution in [2.75, 3.05) is 17.8 Å². The third-order valence-electron chi connectivity index (χ3n) is 4.17. The van der Waals surface area contributed by atoms with Crippen molar-refractivity contribution in [3.63, 3.8) is 0 Å². The van der Waals surface area contributed by atoms with E-state index in [9.17, 15) is 8.42 Å². The quantitative estimate of drug-likeness (QED) is 0.583. The molecule has 9 nitrogen and oxygen atoms in total. The van der Waals surface area contributed by atoms with Crippen LogP contribution in [0.5, 0.6) is 0 Å². The van der Waals surface area contributed by atoms with Crippen LogP contribution in [0.25, 0.3) is 22.4 Å². The highest BCUT2D eigenvalue weighted by atomic mass is 32.2. The van der Waals surface area contributed by atoms with Gasteiger partial charge in [-0.2, -0.15) is 5.26 Å². The van der Waals surface area contributed by atoms with E-state index in [4.69, 9.17) is 5.26 Å². The summed E-state index contributed by atoms with van der Waals surface area (Å²) >= 11 is 0. The summed E-state index contributed by atoms with van der Waals surface area (Å²) in [7, 11) is -2.67. The Morgan fingerprint density at radius 2 is 1.93 bits per heavy atom. The Labute approximate surface area is 176 Å². The van der Waals surface area contributed by atoms with Gasteiger partial charge in [0.1, 0.15) is 27.2 Å². The van der Waals surface area contributed by atoms with E-state index in [0.29, 0.717) is 17.6 Å². The highest BCUT2D eigenvalue weighted by Crippen LogP contribution is 2.26. The zero-order valence-electron chi connectivity index (χ0n) is 17.7. The minimum absolute atomic E-state index is 0.146. The van der Waals surface area contributed by atoms with Gasteiger partial charge >= 0.3 is 0 Å². The lowest BCUT2D eigenvalue weighted by Gasteiger charge is -2.19. The molecular formula is C20H27N7O2S. The second-order valence-corrected chi connectivity index (χ2v) is 9.36. The molecule has 10 heteroatoms. The van der Waals surface area contributed by atoms with Crippen LogP contribution in [-0.4, -0.2) is 51.9 Å². The first kappa shape index (κ1) is 23.2. The third kappa shape index (κ3) is 7.08. The summed E-state index contributed by atoms with van der Waals surface area (Å²) in [4.78, 5) is 20.5. The molecule has 0 aliphatic rings. The topological polar surface area (TPSA) is 137 Å². The van der Waals surface area contributed by atoms with E-state index in [-0.39, 0.29) is 5.82 Å². The van der Waals surface area contributed by atoms with Crippen LogP contribution in [0, 0.1) is 11.3 Å². The van der Waals surface area contributed by atoms with Crippen LogP contribution in [0.3, 0.4) is 0 Å². The van der Waals surface area contributed by atoms with Crippen molar-refractivity contribution in [1.29, 1.82) is 5.26 Å². The molecule has 0 amide bonds. The maximum Gasteiger partial charge on any atom is 0.234 e. The first-order valence-electron chi connectivity index (χ1n) is 9.74. The van der Waals surface area contributed by atoms with Crippen molar-refractivity contribution in [3.8, 4) is 17.3 Å². The Hall–Kier alpha value is -3.06. The van der Waals surface area contributed by atoms with E-state index in [1.165, 1.54) is 0 Å². The number of nitrogens with zero attached hydrogens (tertiary/aromatic N) is 5. The van der Waals surface area contributed by atoms with Crippen LogP contribution in [0.1, 0.15) is 45.4 Å². The van der Waals surface area contributed by atoms with Crippen molar-refractivity contribution in [3.05, 3.63) is 30.5 Å². The summed E-state index contributed by atoms with van der Waals surface area (Å²) in [6, 6.07) is 4.17. The number of aromatic nitrogens is 5. The van der Waals surface area contributed by atoms with E-state index in [0.717, 1.165) is 54.9 Å². The smallest absolute Gasteiger partial charge is 0.234 e. The zero-order chi connectivity index (χ0) is 22.1. The minimum atomic E-state index is -2.67. The zero-order valence-corrected chi connectivity index (χ0v) is 18.5. The number of nitrogens with one attached hydrogen (secondary N) is 2. The molecule has 0 spiro atoms. The van der Waals surface area contributed by atoms with Gasteiger partial charge in [0.25, 0.3) is 0 Å². The molecule has 3 heterocycles. The highest BCUT2D eigenvalue weighted by molar-refractivity contribution is 7.89. The third-order valence-corrected chi connectivity index (χ3v) is 4.17. The molecule has 0 aromatic carbocycles. The van der Waals surface area contributed by atoms with Crippen molar-refractivity contribution in [2.45, 2.75) is 45.6 Å². The Bertz CT molecular complexity index is 1110. The largest absolute Gasteiger partial charge is 0.367 e. The lowest BCUT2D eigenvalue weighted by atomic mass is 10.1. The maximum atomic E-state index is 9.63. The number of H-pyrrole nitrogens is 1. The molecule has 0 aliphatic heterocycles. The molecule has 2 N–H and O–H groups in total. The number of rotatable bonds is 7. The summed E-state index contributed by atoms with van der Waals surface area (Å²) in [6.45, 7) is 4.32. The Kier molecular flexibility index (Phi) is 8.24. The van der Waals surface area contributed by atoms with Crippen LogP contribution in [0.4, 0.5) is 5.82 Å². The summed E-state index contributed by atoms with van der Waals surface area (Å²) in [6.07, 6.45) is 11.8. The number of hydrogen-bond donors (Lipinski definition) is 2. The van der Waals surface area contributed by atoms with Gasteiger partial charge in [0.2, 0.25) is 5.82 Å². The molecular weight excluding hydrogens is 402 g/mol. The maximum absolute atomic E-state index is 9.63. The van der Waals surface area contributed by atoms with Gasteiger partial charge in [0, 0.05) is 30.9 Å². The number of unbranched alkanes of at least 4 members (excludes halogenated alkanes) is 1. The van der Waals surface area contributed by atoms with Gasteiger partial charge in [-0.05, 0) is 18.9 Å². The number of sulfone groups is 1. The van der Waals surface area contributed by atoms with Crippen molar-refractivity contribution in [2.24, 2.45) is 0 Å². The van der Waals surface area contributed by atoms with Gasteiger partial charge < -0.3 is 10.3 Å². The molecule has 0 radical (unpaired) electrons. The number of aromatic amines is 1. The fourth-order valence-electron chi connectivity index (χ4n) is 2.72. The molecule has 3 aromatic rings. The molecule has 3 rings (SSSR count). The molecule has 0 aliphatic carbocycles. The molecule has 3 aromatic heterocycles. The Morgan fingerprint density at radius 1 is 1.20 bits per heavy atom. The number of hydrogen-bond acceptors (Lipinski definition) is 8. The SMILES string of the molecule is CCCCC(CC)Nc1nc(C#N)ncc1-c1cnc2[nH]ccc2n1.CS(C)(=O)=O. The van der Waals surface area contributed by atoms with Gasteiger partial charge in [0.05, 0.1) is 17.5 Å². The van der Waals surface area contributed by atoms with Crippen molar-refractivity contribution < 1.29 is 8.42 Å². The molecule has 160 valence electrons. The summed E-state index contributed by atoms with van der Waals surface area (Å²) in [5.74, 6) is 0.783. The van der Waals surface area contributed by atoms with Crippen LogP contribution in [0.2, 0.25) is 0 Å². The van der Waals surface area contributed by atoms with Crippen LogP contribution >= 0.6 is 0 Å². The Morgan fingerprint density at radius 3 is 2.57 bits per heavy atom. The fourth-order valence-corrected chi connectivity index (χ4v) is 2.72. The number of nitriles is 1. The second-order valence-electron chi connectivity index (χ2n) is 7.07. The minimum Gasteiger partial charge on any atom is -0.367 e. The van der Waals surface area contributed by atoms with Gasteiger partial charge in [-0.3, -0.25) is 0 Å². The predicted octanol–water partition coefficient (Wildman–Crippen LogP) is 3.33. The molecule has 1 atom stereocenters. The van der Waals surface area contributed by atoms with Gasteiger partial charge in [-0.15, -0.1) is 0 Å². The second kappa shape index (κ2) is 10.6. The highest BCUT2D eigenvalue weighted by Gasteiger charge is 2.15. The first-order valence-corrected chi connectivity index (χ1v) is 12.0. The van der Waals surface area contributed by atoms with E-state index < -0.39 is 9.84 Å². The molecule has 1 unspecified atom stereocenters. The van der Waals surface area contributed by atoms with E-state index in [2.05, 4.69) is 44.1 Å². The molecule has 30 heavy (non-hydrogen) atoms. The van der Waals surface area contributed by atoms with E-state index >= 15 is 0 Å². The standard InChI is InChI=1S/C18H21N7.C2H6O2S/c1-3-5-6-12(4-2)23-17-13(10-21-16(9-19)25-17)15-11-22-18-14(24-15)7-8-20-18;1-5(2,3)4/h7-8,10-12H,3-6H2,1-2H3,(H,20,22)(H,21,23,25);1-2H3. The average molecular weight is 430 g/mol. The number of anilines is 1. The summed E-state index contributed by atoms with van der Waals surface area (Å²) in [5, 5.41) is 12.6. The van der Waals surface area contributed by atoms with Gasteiger partial charge in [-0.1, -0.05) is 26.7 Å². The lowest BCUT2D eigenvalue weighted by molar-refractivity contribution is 0.591. The predicted molar refractivity (Wildman–Crippen MR) is 118 cm³/mol. The van der Waals surface area contributed by atoms with E-state index in [1.807, 2.05) is 12.1 Å². The summed E-state index contributed by atoms with van der Waals surface area (Å²) in [5.41, 5.74) is 2.96. The molecule has 0 fully saturated rings. The van der Waals surface area contributed by atoms with Crippen LogP contribution < -0.4 is 5.32 Å². The van der Waals surface area contributed by atoms with Gasteiger partial charge in [0.15, 0.2) is 5.65 Å². The van der Waals surface area contributed by atoms with Crippen LogP contribution in [-0.2, 0) is 9.84 Å². The molecule has 0 bridgehead atoms. The Balaban J connectivity index is 0.000000575. The molecule has 0 saturated carbocycles. The summed E-state index contributed by atoms with van der Waals surface area (Å²) < 4.78 is 19.3. The van der Waals surface area contributed by atoms with Crippen molar-refractivity contribution in [1.82, 2.24) is 24.9 Å². The lowest BCUT2D eigenvalue weighted by Crippen LogP contribution is -2.20. The number of fused-ring (bicyclic) bond motifs is 1. The van der Waals surface area contributed by atoms with Crippen molar-refractivity contribution >= 4 is 26.8 Å².